The molecule has 1 atom stereocenters. The van der Waals surface area contributed by atoms with Crippen LogP contribution in [0.2, 0.25) is 5.02 Å². The molecule has 0 aliphatic rings. The van der Waals surface area contributed by atoms with E-state index in [0.717, 1.165) is 5.39 Å². The summed E-state index contributed by atoms with van der Waals surface area (Å²) in [7, 11) is 0. The molecule has 0 saturated carbocycles. The molecule has 0 bridgehead atoms. The van der Waals surface area contributed by atoms with E-state index in [9.17, 15) is 5.11 Å². The zero-order chi connectivity index (χ0) is 13.4. The summed E-state index contributed by atoms with van der Waals surface area (Å²) in [6.45, 7) is 1.77. The minimum Gasteiger partial charge on any atom is -0.456 e. The van der Waals surface area contributed by atoms with Crippen molar-refractivity contribution in [2.45, 2.75) is 13.0 Å². The second kappa shape index (κ2) is 4.64. The molecule has 1 unspecified atom stereocenters. The van der Waals surface area contributed by atoms with E-state index in [1.807, 2.05) is 12.1 Å². The van der Waals surface area contributed by atoms with Gasteiger partial charge in [-0.25, -0.2) is 9.97 Å². The summed E-state index contributed by atoms with van der Waals surface area (Å²) in [5, 5.41) is 11.7. The summed E-state index contributed by atoms with van der Waals surface area (Å²) < 4.78 is 5.61. The molecule has 0 amide bonds. The van der Waals surface area contributed by atoms with E-state index in [0.29, 0.717) is 27.9 Å². The number of fused-ring (bicyclic) bond motifs is 1. The summed E-state index contributed by atoms with van der Waals surface area (Å²) in [5.41, 5.74) is 1.08. The fourth-order valence-corrected chi connectivity index (χ4v) is 2.18. The lowest BCUT2D eigenvalue weighted by atomic mass is 10.2. The molecule has 1 aromatic carbocycles. The molecule has 2 heterocycles. The van der Waals surface area contributed by atoms with Crippen LogP contribution in [0.5, 0.6) is 0 Å². The highest BCUT2D eigenvalue weighted by Crippen LogP contribution is 2.31. The molecule has 0 fully saturated rings. The Kier molecular flexibility index (Phi) is 2.97. The van der Waals surface area contributed by atoms with E-state index in [2.05, 4.69) is 9.97 Å². The second-order valence-electron chi connectivity index (χ2n) is 4.24. The van der Waals surface area contributed by atoms with Gasteiger partial charge >= 0.3 is 0 Å². The van der Waals surface area contributed by atoms with Crippen LogP contribution in [-0.4, -0.2) is 15.1 Å². The molecular weight excluding hydrogens is 264 g/mol. The van der Waals surface area contributed by atoms with E-state index >= 15 is 0 Å². The zero-order valence-electron chi connectivity index (χ0n) is 10.2. The molecule has 0 saturated heterocycles. The lowest BCUT2D eigenvalue weighted by Gasteiger charge is -2.06. The number of hydrogen-bond acceptors (Lipinski definition) is 4. The Morgan fingerprint density at radius 3 is 2.89 bits per heavy atom. The van der Waals surface area contributed by atoms with Crippen LogP contribution in [0.15, 0.2) is 40.9 Å². The molecule has 96 valence electrons. The topological polar surface area (TPSA) is 59.2 Å². The second-order valence-corrected chi connectivity index (χ2v) is 4.65. The maximum Gasteiger partial charge on any atom is 0.154 e. The van der Waals surface area contributed by atoms with Gasteiger partial charge in [0.15, 0.2) is 11.7 Å². The summed E-state index contributed by atoms with van der Waals surface area (Å²) >= 11 is 6.05. The van der Waals surface area contributed by atoms with Crippen LogP contribution in [0.3, 0.4) is 0 Å². The first-order valence-electron chi connectivity index (χ1n) is 5.81. The Morgan fingerprint density at radius 2 is 2.16 bits per heavy atom. The van der Waals surface area contributed by atoms with Crippen LogP contribution in [0.25, 0.3) is 11.0 Å². The van der Waals surface area contributed by atoms with Crippen molar-refractivity contribution in [2.24, 2.45) is 0 Å². The van der Waals surface area contributed by atoms with Crippen molar-refractivity contribution >= 4 is 22.6 Å². The van der Waals surface area contributed by atoms with Gasteiger partial charge in [0, 0.05) is 11.6 Å². The van der Waals surface area contributed by atoms with E-state index in [1.54, 1.807) is 31.3 Å². The Morgan fingerprint density at radius 1 is 1.32 bits per heavy atom. The molecule has 0 aliphatic carbocycles. The van der Waals surface area contributed by atoms with Gasteiger partial charge in [0.1, 0.15) is 11.6 Å². The number of halogens is 1. The quantitative estimate of drug-likeness (QED) is 0.779. The SMILES string of the molecule is Cc1nccc(C(O)c2cc3cccc(Cl)c3o2)n1. The van der Waals surface area contributed by atoms with Crippen molar-refractivity contribution in [1.82, 2.24) is 9.97 Å². The third kappa shape index (κ3) is 2.20. The number of rotatable bonds is 2. The van der Waals surface area contributed by atoms with Gasteiger partial charge in [0.2, 0.25) is 0 Å². The van der Waals surface area contributed by atoms with Crippen molar-refractivity contribution in [3.05, 3.63) is 58.8 Å². The maximum absolute atomic E-state index is 10.3. The van der Waals surface area contributed by atoms with Crippen LogP contribution in [0.4, 0.5) is 0 Å². The largest absolute Gasteiger partial charge is 0.456 e. The highest BCUT2D eigenvalue weighted by atomic mass is 35.5. The normalized spacial score (nSPS) is 12.8. The van der Waals surface area contributed by atoms with E-state index in [4.69, 9.17) is 16.0 Å². The van der Waals surface area contributed by atoms with Crippen molar-refractivity contribution in [1.29, 1.82) is 0 Å². The summed E-state index contributed by atoms with van der Waals surface area (Å²) in [4.78, 5) is 8.19. The van der Waals surface area contributed by atoms with Gasteiger partial charge in [0.25, 0.3) is 0 Å². The van der Waals surface area contributed by atoms with Crippen LogP contribution in [0.1, 0.15) is 23.4 Å². The monoisotopic (exact) mass is 274 g/mol. The molecule has 0 radical (unpaired) electrons. The number of aliphatic hydroxyl groups is 1. The summed E-state index contributed by atoms with van der Waals surface area (Å²) in [6.07, 6.45) is 0.682. The first-order chi connectivity index (χ1) is 9.15. The first kappa shape index (κ1) is 12.1. The number of aliphatic hydroxyl groups excluding tert-OH is 1. The zero-order valence-corrected chi connectivity index (χ0v) is 10.9. The highest BCUT2D eigenvalue weighted by molar-refractivity contribution is 6.34. The number of hydrogen-bond donors (Lipinski definition) is 1. The predicted octanol–water partition coefficient (Wildman–Crippen LogP) is 3.27. The van der Waals surface area contributed by atoms with Crippen molar-refractivity contribution < 1.29 is 9.52 Å². The average Bonchev–Trinajstić information content (AvgIpc) is 2.83. The number of para-hydroxylation sites is 1. The maximum atomic E-state index is 10.3. The van der Waals surface area contributed by atoms with Gasteiger partial charge in [-0.3, -0.25) is 0 Å². The molecule has 0 spiro atoms. The van der Waals surface area contributed by atoms with E-state index in [-0.39, 0.29) is 0 Å². The predicted molar refractivity (Wildman–Crippen MR) is 72.1 cm³/mol. The average molecular weight is 275 g/mol. The molecule has 4 nitrogen and oxygen atoms in total. The summed E-state index contributed by atoms with van der Waals surface area (Å²) in [6, 6.07) is 8.89. The highest BCUT2D eigenvalue weighted by Gasteiger charge is 2.18. The number of furan rings is 1. The van der Waals surface area contributed by atoms with Gasteiger partial charge in [-0.1, -0.05) is 23.7 Å². The molecule has 5 heteroatoms. The van der Waals surface area contributed by atoms with Crippen LogP contribution in [-0.2, 0) is 0 Å². The van der Waals surface area contributed by atoms with Crippen LogP contribution < -0.4 is 0 Å². The van der Waals surface area contributed by atoms with Gasteiger partial charge < -0.3 is 9.52 Å². The molecule has 3 aromatic rings. The number of aromatic nitrogens is 2. The number of benzene rings is 1. The Hall–Kier alpha value is -1.91. The van der Waals surface area contributed by atoms with Gasteiger partial charge in [0.05, 0.1) is 10.7 Å². The van der Waals surface area contributed by atoms with Crippen molar-refractivity contribution in [2.75, 3.05) is 0 Å². The van der Waals surface area contributed by atoms with Crippen molar-refractivity contribution in [3.63, 3.8) is 0 Å². The standard InChI is InChI=1S/C14H11ClN2O2/c1-8-16-6-5-11(17-8)13(18)12-7-9-3-2-4-10(15)14(9)19-12/h2-7,13,18H,1H3. The van der Waals surface area contributed by atoms with Gasteiger partial charge in [-0.2, -0.15) is 0 Å². The molecule has 1 N–H and O–H groups in total. The Labute approximate surface area is 114 Å². The number of nitrogens with zero attached hydrogens (tertiary/aromatic N) is 2. The third-order valence-electron chi connectivity index (χ3n) is 2.86. The lowest BCUT2D eigenvalue weighted by molar-refractivity contribution is 0.187. The van der Waals surface area contributed by atoms with Crippen LogP contribution >= 0.6 is 11.6 Å². The van der Waals surface area contributed by atoms with Gasteiger partial charge in [-0.15, -0.1) is 0 Å². The molecule has 0 aliphatic heterocycles. The smallest absolute Gasteiger partial charge is 0.154 e. The number of aryl methyl sites for hydroxylation is 1. The molecule has 3 rings (SSSR count). The van der Waals surface area contributed by atoms with E-state index in [1.165, 1.54) is 0 Å². The fraction of sp³-hybridized carbons (Fsp3) is 0.143. The minimum atomic E-state index is -0.926. The third-order valence-corrected chi connectivity index (χ3v) is 3.16. The fourth-order valence-electron chi connectivity index (χ4n) is 1.95. The Bertz CT molecular complexity index is 739. The summed E-state index contributed by atoms with van der Waals surface area (Å²) in [5.74, 6) is 1.02. The molecular formula is C14H11ClN2O2. The van der Waals surface area contributed by atoms with Gasteiger partial charge in [-0.05, 0) is 25.1 Å². The van der Waals surface area contributed by atoms with Crippen LogP contribution in [0, 0.1) is 6.92 Å². The minimum absolute atomic E-state index is 0.418. The van der Waals surface area contributed by atoms with E-state index < -0.39 is 6.10 Å². The lowest BCUT2D eigenvalue weighted by Crippen LogP contribution is -2.02. The first-order valence-corrected chi connectivity index (χ1v) is 6.18. The van der Waals surface area contributed by atoms with Crippen molar-refractivity contribution in [3.8, 4) is 0 Å². The Balaban J connectivity index is 2.06. The molecule has 19 heavy (non-hydrogen) atoms. The molecule has 2 aromatic heterocycles.